The van der Waals surface area contributed by atoms with E-state index < -0.39 is 122 Å². The van der Waals surface area contributed by atoms with Crippen LogP contribution in [0.15, 0.2) is 96.5 Å². The lowest BCUT2D eigenvalue weighted by Crippen LogP contribution is -2.15. The van der Waals surface area contributed by atoms with Crippen molar-refractivity contribution in [2.24, 2.45) is 10.2 Å². The van der Waals surface area contributed by atoms with E-state index in [-0.39, 0.29) is 16.5 Å². The molecule has 0 unspecified atom stereocenters. The van der Waals surface area contributed by atoms with Gasteiger partial charge in [-0.25, -0.2) is 12.6 Å². The minimum Gasteiger partial charge on any atom is -0.505 e. The lowest BCUT2D eigenvalue weighted by atomic mass is 10.1. The number of nitrogens with one attached hydrogen (secondary N) is 2. The first-order valence-corrected chi connectivity index (χ1v) is 22.2. The van der Waals surface area contributed by atoms with Crippen LogP contribution in [0.3, 0.4) is 0 Å². The summed E-state index contributed by atoms with van der Waals surface area (Å²) in [5.41, 5.74) is -1.84. The number of aromatic hydroxyl groups is 1. The van der Waals surface area contributed by atoms with Gasteiger partial charge in [0.1, 0.15) is 21.2 Å². The SMILES string of the molecule is O=S(=O)(O)OCCS(=O)(=O)c1ccc(Nc2nc(Cl)nc(Nc3cc(S(=O)(=O)O)cc4cc(S(=O)(=O)O)c(/N=N/c5ccccc5S(=O)(=O)O)c(O)c34)n2)cc1. The second-order valence-electron chi connectivity index (χ2n) is 10.8. The molecule has 5 aromatic rings. The normalized spacial score (nSPS) is 12.9. The Kier molecular flexibility index (Phi) is 11.7. The van der Waals surface area contributed by atoms with Crippen LogP contribution in [0.25, 0.3) is 10.8 Å². The van der Waals surface area contributed by atoms with E-state index in [9.17, 15) is 60.9 Å². The Hall–Kier alpha value is -5.01. The van der Waals surface area contributed by atoms with Crippen LogP contribution in [-0.4, -0.2) is 92.7 Å². The van der Waals surface area contributed by atoms with Crippen LogP contribution in [0.5, 0.6) is 5.75 Å². The summed E-state index contributed by atoms with van der Waals surface area (Å²) >= 11 is 6.08. The molecule has 0 saturated heterocycles. The van der Waals surface area contributed by atoms with E-state index in [1.807, 2.05) is 0 Å². The number of phenolic OH excluding ortho intramolecular Hbond substituents is 1. The maximum Gasteiger partial charge on any atom is 0.397 e. The fourth-order valence-electron chi connectivity index (χ4n) is 4.69. The van der Waals surface area contributed by atoms with Gasteiger partial charge in [-0.05, 0) is 71.6 Å². The van der Waals surface area contributed by atoms with Crippen LogP contribution < -0.4 is 10.6 Å². The van der Waals surface area contributed by atoms with Crippen molar-refractivity contribution >= 4 is 108 Å². The van der Waals surface area contributed by atoms with E-state index in [0.29, 0.717) is 6.07 Å². The number of anilines is 4. The molecule has 0 aliphatic carbocycles. The lowest BCUT2D eigenvalue weighted by molar-refractivity contribution is 0.284. The number of aromatic nitrogens is 3. The van der Waals surface area contributed by atoms with E-state index in [4.69, 9.17) is 16.2 Å². The molecule has 7 N–H and O–H groups in total. The Morgan fingerprint density at radius 2 is 1.29 bits per heavy atom. The number of halogens is 1. The Bertz CT molecular complexity index is 2990. The molecule has 0 radical (unpaired) electrons. The molecule has 0 bridgehead atoms. The summed E-state index contributed by atoms with van der Waals surface area (Å²) in [4.78, 5) is 8.77. The molecule has 0 saturated carbocycles. The third-order valence-corrected chi connectivity index (χ3v) is 11.9. The summed E-state index contributed by atoms with van der Waals surface area (Å²) in [6.07, 6.45) is 0. The molecular formula is C27H22ClN7O16S5. The van der Waals surface area contributed by atoms with Crippen molar-refractivity contribution in [3.05, 3.63) is 72.0 Å². The van der Waals surface area contributed by atoms with Gasteiger partial charge in [-0.3, -0.25) is 18.2 Å². The summed E-state index contributed by atoms with van der Waals surface area (Å²) in [6, 6.07) is 11.4. The average Bonchev–Trinajstić information content (AvgIpc) is 3.05. The zero-order valence-electron chi connectivity index (χ0n) is 27.1. The minimum absolute atomic E-state index is 0.158. The van der Waals surface area contributed by atoms with E-state index in [2.05, 4.69) is 40.0 Å². The van der Waals surface area contributed by atoms with E-state index in [1.54, 1.807) is 0 Å². The van der Waals surface area contributed by atoms with Crippen LogP contribution >= 0.6 is 11.6 Å². The van der Waals surface area contributed by atoms with E-state index >= 15 is 0 Å². The van der Waals surface area contributed by atoms with Gasteiger partial charge in [0.25, 0.3) is 30.4 Å². The fraction of sp³-hybridized carbons (Fsp3) is 0.0741. The van der Waals surface area contributed by atoms with Gasteiger partial charge in [0.2, 0.25) is 17.2 Å². The van der Waals surface area contributed by atoms with Gasteiger partial charge in [-0.2, -0.15) is 48.6 Å². The standard InChI is InChI=1S/C27H22ClN7O16S5/c28-25-31-26(29-15-5-7-16(8-6-15)52(37,38)10-9-51-56(48,49)50)33-27(32-25)30-19-13-17(53(39,40)41)11-14-12-21(55(45,46)47)23(24(36)22(14)19)35-34-18-3-1-2-4-20(18)54(42,43)44/h1-8,11-13,36H,9-10H2,(H,39,40,41)(H,42,43,44)(H,45,46,47)(H,48,49,50)(H2,29,30,31,32,33)/b35-34+. The summed E-state index contributed by atoms with van der Waals surface area (Å²) in [6.45, 7) is -0.862. The molecule has 0 spiro atoms. The molecule has 298 valence electrons. The van der Waals surface area contributed by atoms with Gasteiger partial charge in [0, 0.05) is 11.1 Å². The topological polar surface area (TPSA) is 369 Å². The number of phenols is 1. The predicted octanol–water partition coefficient (Wildman–Crippen LogP) is 3.62. The molecular weight excluding hydrogens is 874 g/mol. The smallest absolute Gasteiger partial charge is 0.397 e. The van der Waals surface area contributed by atoms with Crippen LogP contribution in [0.2, 0.25) is 5.28 Å². The highest BCUT2D eigenvalue weighted by molar-refractivity contribution is 7.91. The third-order valence-electron chi connectivity index (χ3n) is 7.01. The zero-order valence-corrected chi connectivity index (χ0v) is 32.0. The zero-order chi connectivity index (χ0) is 41.4. The molecule has 0 aliphatic rings. The maximum atomic E-state index is 12.5. The third kappa shape index (κ3) is 10.2. The van der Waals surface area contributed by atoms with Gasteiger partial charge < -0.3 is 15.7 Å². The molecule has 29 heteroatoms. The number of azo groups is 1. The van der Waals surface area contributed by atoms with Crippen LogP contribution in [0.4, 0.5) is 34.6 Å². The minimum atomic E-state index is -5.31. The number of hydrogen-bond acceptors (Lipinski definition) is 19. The van der Waals surface area contributed by atoms with Crippen molar-refractivity contribution in [3.63, 3.8) is 0 Å². The Morgan fingerprint density at radius 3 is 1.88 bits per heavy atom. The molecule has 4 aromatic carbocycles. The van der Waals surface area contributed by atoms with Gasteiger partial charge in [0.05, 0.1) is 27.8 Å². The summed E-state index contributed by atoms with van der Waals surface area (Å²) in [5.74, 6) is -2.71. The highest BCUT2D eigenvalue weighted by atomic mass is 35.5. The van der Waals surface area contributed by atoms with Crippen molar-refractivity contribution in [1.82, 2.24) is 15.0 Å². The fourth-order valence-corrected chi connectivity index (χ4v) is 8.16. The molecule has 1 heterocycles. The Balaban J connectivity index is 1.57. The molecule has 0 atom stereocenters. The summed E-state index contributed by atoms with van der Waals surface area (Å²) in [5, 5.41) is 22.5. The molecule has 0 fully saturated rings. The van der Waals surface area contributed by atoms with Gasteiger partial charge >= 0.3 is 10.4 Å². The van der Waals surface area contributed by atoms with Crippen LogP contribution in [-0.2, 0) is 54.8 Å². The molecule has 23 nitrogen and oxygen atoms in total. The molecule has 56 heavy (non-hydrogen) atoms. The van der Waals surface area contributed by atoms with Gasteiger partial charge in [0.15, 0.2) is 15.6 Å². The lowest BCUT2D eigenvalue weighted by Gasteiger charge is -2.15. The number of hydrogen-bond donors (Lipinski definition) is 7. The number of nitrogens with zero attached hydrogens (tertiary/aromatic N) is 5. The van der Waals surface area contributed by atoms with E-state index in [0.717, 1.165) is 36.4 Å². The van der Waals surface area contributed by atoms with Gasteiger partial charge in [-0.1, -0.05) is 12.1 Å². The summed E-state index contributed by atoms with van der Waals surface area (Å²) < 4.78 is 161. The van der Waals surface area contributed by atoms with Crippen LogP contribution in [0, 0.1) is 0 Å². The Labute approximate surface area is 321 Å². The van der Waals surface area contributed by atoms with Crippen molar-refractivity contribution < 1.29 is 69.6 Å². The predicted molar refractivity (Wildman–Crippen MR) is 193 cm³/mol. The molecule has 0 amide bonds. The van der Waals surface area contributed by atoms with Crippen molar-refractivity contribution in [2.45, 2.75) is 19.6 Å². The molecule has 5 rings (SSSR count). The number of sulfone groups is 1. The number of rotatable bonds is 14. The quantitative estimate of drug-likeness (QED) is 0.0618. The average molecular weight is 896 g/mol. The van der Waals surface area contributed by atoms with Crippen molar-refractivity contribution in [2.75, 3.05) is 23.0 Å². The molecule has 0 aliphatic heterocycles. The van der Waals surface area contributed by atoms with Crippen molar-refractivity contribution in [3.8, 4) is 5.75 Å². The molecule has 1 aromatic heterocycles. The monoisotopic (exact) mass is 895 g/mol. The van der Waals surface area contributed by atoms with Gasteiger partial charge in [-0.15, -0.1) is 10.2 Å². The Morgan fingerprint density at radius 1 is 0.679 bits per heavy atom. The highest BCUT2D eigenvalue weighted by Gasteiger charge is 2.26. The first-order chi connectivity index (χ1) is 25.8. The number of benzene rings is 4. The van der Waals surface area contributed by atoms with Crippen LogP contribution in [0.1, 0.15) is 0 Å². The maximum absolute atomic E-state index is 12.5. The number of fused-ring (bicyclic) bond motifs is 1. The first kappa shape index (κ1) is 42.1. The van der Waals surface area contributed by atoms with E-state index in [1.165, 1.54) is 24.3 Å². The highest BCUT2D eigenvalue weighted by Crippen LogP contribution is 2.46. The second-order valence-corrected chi connectivity index (χ2v) is 18.6. The largest absolute Gasteiger partial charge is 0.505 e. The summed E-state index contributed by atoms with van der Waals surface area (Å²) in [7, 11) is -24.2. The first-order valence-electron chi connectivity index (χ1n) is 14.5. The second kappa shape index (κ2) is 15.5. The van der Waals surface area contributed by atoms with Crippen molar-refractivity contribution in [1.29, 1.82) is 0 Å².